The Morgan fingerprint density at radius 3 is 2.89 bits per heavy atom. The fraction of sp³-hybridized carbons (Fsp3) is 0.533. The highest BCUT2D eigenvalue weighted by Gasteiger charge is 2.25. The van der Waals surface area contributed by atoms with Crippen LogP contribution in [0.1, 0.15) is 40.4 Å². The number of hydrogen-bond acceptors (Lipinski definition) is 3. The van der Waals surface area contributed by atoms with Crippen molar-refractivity contribution in [2.75, 3.05) is 19.8 Å². The molecule has 3 rings (SSSR count). The second-order valence-corrected chi connectivity index (χ2v) is 5.32. The van der Waals surface area contributed by atoms with E-state index in [2.05, 4.69) is 5.32 Å². The van der Waals surface area contributed by atoms with Crippen LogP contribution in [0.5, 0.6) is 0 Å². The predicted molar refractivity (Wildman–Crippen MR) is 71.0 cm³/mol. The van der Waals surface area contributed by atoms with Crippen molar-refractivity contribution in [1.29, 1.82) is 0 Å². The van der Waals surface area contributed by atoms with Gasteiger partial charge in [-0.3, -0.25) is 4.79 Å². The number of carbonyl (C=O) groups is 1. The van der Waals surface area contributed by atoms with Crippen molar-refractivity contribution >= 4 is 5.91 Å². The third kappa shape index (κ3) is 2.51. The molecule has 2 N–H and O–H groups in total. The van der Waals surface area contributed by atoms with Gasteiger partial charge in [-0.25, -0.2) is 0 Å². The highest BCUT2D eigenvalue weighted by atomic mass is 16.5. The standard InChI is InChI=1S/C15H19NO3/c17-14(11-4-7-19-8-5-11)12-2-1-10-3-6-16-15(18)13(10)9-12/h1-2,9,11,14,17H,3-8H2,(H,16,18). The largest absolute Gasteiger partial charge is 0.388 e. The molecule has 1 saturated heterocycles. The molecule has 1 unspecified atom stereocenters. The molecule has 0 saturated carbocycles. The Hall–Kier alpha value is -1.39. The monoisotopic (exact) mass is 261 g/mol. The molecule has 1 amide bonds. The normalized spacial score (nSPS) is 21.6. The van der Waals surface area contributed by atoms with Crippen LogP contribution < -0.4 is 5.32 Å². The van der Waals surface area contributed by atoms with Crippen molar-refractivity contribution in [2.24, 2.45) is 5.92 Å². The van der Waals surface area contributed by atoms with Gasteiger partial charge in [0.15, 0.2) is 0 Å². The molecule has 0 aromatic heterocycles. The van der Waals surface area contributed by atoms with Crippen molar-refractivity contribution in [1.82, 2.24) is 5.32 Å². The Balaban J connectivity index is 1.84. The first-order valence-electron chi connectivity index (χ1n) is 6.92. The summed E-state index contributed by atoms with van der Waals surface area (Å²) in [4.78, 5) is 11.8. The lowest BCUT2D eigenvalue weighted by molar-refractivity contribution is 0.00715. The van der Waals surface area contributed by atoms with Crippen LogP contribution >= 0.6 is 0 Å². The van der Waals surface area contributed by atoms with E-state index in [0.717, 1.165) is 36.0 Å². The van der Waals surface area contributed by atoms with Crippen LogP contribution in [0.2, 0.25) is 0 Å². The maximum atomic E-state index is 11.8. The van der Waals surface area contributed by atoms with Crippen LogP contribution in [0.3, 0.4) is 0 Å². The van der Waals surface area contributed by atoms with E-state index in [4.69, 9.17) is 4.74 Å². The van der Waals surface area contributed by atoms with Gasteiger partial charge in [-0.15, -0.1) is 0 Å². The van der Waals surface area contributed by atoms with Crippen molar-refractivity contribution in [2.45, 2.75) is 25.4 Å². The van der Waals surface area contributed by atoms with Crippen LogP contribution in [-0.2, 0) is 11.2 Å². The first kappa shape index (κ1) is 12.6. The number of carbonyl (C=O) groups excluding carboxylic acids is 1. The highest BCUT2D eigenvalue weighted by molar-refractivity contribution is 5.96. The molecule has 2 heterocycles. The number of nitrogens with one attached hydrogen (secondary N) is 1. The summed E-state index contributed by atoms with van der Waals surface area (Å²) >= 11 is 0. The van der Waals surface area contributed by atoms with Gasteiger partial charge in [-0.05, 0) is 42.4 Å². The average Bonchev–Trinajstić information content (AvgIpc) is 2.47. The summed E-state index contributed by atoms with van der Waals surface area (Å²) in [5.41, 5.74) is 2.64. The Morgan fingerprint density at radius 1 is 1.32 bits per heavy atom. The average molecular weight is 261 g/mol. The van der Waals surface area contributed by atoms with E-state index in [1.165, 1.54) is 0 Å². The molecular weight excluding hydrogens is 242 g/mol. The van der Waals surface area contributed by atoms with Gasteiger partial charge in [0, 0.05) is 25.3 Å². The van der Waals surface area contributed by atoms with Crippen LogP contribution in [-0.4, -0.2) is 30.8 Å². The zero-order valence-electron chi connectivity index (χ0n) is 10.9. The number of ether oxygens (including phenoxy) is 1. The molecule has 0 spiro atoms. The Bertz CT molecular complexity index is 480. The van der Waals surface area contributed by atoms with Crippen LogP contribution in [0.15, 0.2) is 18.2 Å². The number of rotatable bonds is 2. The smallest absolute Gasteiger partial charge is 0.251 e. The molecule has 19 heavy (non-hydrogen) atoms. The third-order valence-electron chi connectivity index (χ3n) is 4.11. The van der Waals surface area contributed by atoms with Crippen LogP contribution in [0.4, 0.5) is 0 Å². The highest BCUT2D eigenvalue weighted by Crippen LogP contribution is 2.31. The Kier molecular flexibility index (Phi) is 3.53. The molecule has 1 fully saturated rings. The molecule has 4 heteroatoms. The Morgan fingerprint density at radius 2 is 2.11 bits per heavy atom. The van der Waals surface area contributed by atoms with Gasteiger partial charge < -0.3 is 15.2 Å². The summed E-state index contributed by atoms with van der Waals surface area (Å²) < 4.78 is 5.32. The molecular formula is C15H19NO3. The van der Waals surface area contributed by atoms with Gasteiger partial charge >= 0.3 is 0 Å². The van der Waals surface area contributed by atoms with E-state index < -0.39 is 6.10 Å². The first-order valence-corrected chi connectivity index (χ1v) is 6.92. The summed E-state index contributed by atoms with van der Waals surface area (Å²) in [7, 11) is 0. The number of fused-ring (bicyclic) bond motifs is 1. The molecule has 1 atom stereocenters. The van der Waals surface area contributed by atoms with E-state index in [-0.39, 0.29) is 11.8 Å². The van der Waals surface area contributed by atoms with Gasteiger partial charge in [0.25, 0.3) is 5.91 Å². The molecule has 1 aromatic rings. The van der Waals surface area contributed by atoms with Gasteiger partial charge in [0.2, 0.25) is 0 Å². The van der Waals surface area contributed by atoms with Gasteiger partial charge in [0.05, 0.1) is 6.10 Å². The minimum atomic E-state index is -0.496. The second-order valence-electron chi connectivity index (χ2n) is 5.32. The molecule has 0 aliphatic carbocycles. The van der Waals surface area contributed by atoms with Gasteiger partial charge in [0.1, 0.15) is 0 Å². The molecule has 2 aliphatic rings. The van der Waals surface area contributed by atoms with Gasteiger partial charge in [-0.2, -0.15) is 0 Å². The lowest BCUT2D eigenvalue weighted by Gasteiger charge is -2.28. The van der Waals surface area contributed by atoms with Crippen molar-refractivity contribution in [3.05, 3.63) is 34.9 Å². The van der Waals surface area contributed by atoms with E-state index in [9.17, 15) is 9.90 Å². The van der Waals surface area contributed by atoms with Crippen LogP contribution in [0.25, 0.3) is 0 Å². The van der Waals surface area contributed by atoms with E-state index in [0.29, 0.717) is 19.8 Å². The van der Waals surface area contributed by atoms with Crippen molar-refractivity contribution in [3.63, 3.8) is 0 Å². The summed E-state index contributed by atoms with van der Waals surface area (Å²) in [6, 6.07) is 5.79. The number of aliphatic hydroxyl groups excluding tert-OH is 1. The quantitative estimate of drug-likeness (QED) is 0.846. The molecule has 0 bridgehead atoms. The Labute approximate surface area is 112 Å². The maximum absolute atomic E-state index is 11.8. The fourth-order valence-corrected chi connectivity index (χ4v) is 2.92. The summed E-state index contributed by atoms with van der Waals surface area (Å²) in [6.07, 6.45) is 2.13. The number of aliphatic hydroxyl groups is 1. The van der Waals surface area contributed by atoms with E-state index in [1.807, 2.05) is 18.2 Å². The lowest BCUT2D eigenvalue weighted by atomic mass is 9.87. The predicted octanol–water partition coefficient (Wildman–Crippen LogP) is 1.43. The summed E-state index contributed by atoms with van der Waals surface area (Å²) in [5, 5.41) is 13.3. The lowest BCUT2D eigenvalue weighted by Crippen LogP contribution is -2.32. The fourth-order valence-electron chi connectivity index (χ4n) is 2.92. The molecule has 102 valence electrons. The van der Waals surface area contributed by atoms with E-state index >= 15 is 0 Å². The second kappa shape index (κ2) is 5.31. The number of benzene rings is 1. The molecule has 2 aliphatic heterocycles. The van der Waals surface area contributed by atoms with Crippen molar-refractivity contribution in [3.8, 4) is 0 Å². The minimum absolute atomic E-state index is 0.0257. The molecule has 0 radical (unpaired) electrons. The maximum Gasteiger partial charge on any atom is 0.251 e. The third-order valence-corrected chi connectivity index (χ3v) is 4.11. The number of hydrogen-bond donors (Lipinski definition) is 2. The van der Waals surface area contributed by atoms with E-state index in [1.54, 1.807) is 0 Å². The zero-order chi connectivity index (χ0) is 13.2. The van der Waals surface area contributed by atoms with Crippen LogP contribution in [0, 0.1) is 5.92 Å². The van der Waals surface area contributed by atoms with Crippen molar-refractivity contribution < 1.29 is 14.6 Å². The molecule has 4 nitrogen and oxygen atoms in total. The number of amides is 1. The topological polar surface area (TPSA) is 58.6 Å². The minimum Gasteiger partial charge on any atom is -0.388 e. The summed E-state index contributed by atoms with van der Waals surface area (Å²) in [5.74, 6) is 0.209. The zero-order valence-corrected chi connectivity index (χ0v) is 10.9. The van der Waals surface area contributed by atoms with Gasteiger partial charge in [-0.1, -0.05) is 12.1 Å². The molecule has 1 aromatic carbocycles. The SMILES string of the molecule is O=C1NCCc2ccc(C(O)C3CCOCC3)cc21. The summed E-state index contributed by atoms with van der Waals surface area (Å²) in [6.45, 7) is 2.13. The first-order chi connectivity index (χ1) is 9.25.